The highest BCUT2D eigenvalue weighted by atomic mass is 32.2. The number of sulfonamides is 1. The van der Waals surface area contributed by atoms with Crippen LogP contribution in [0.1, 0.15) is 31.0 Å². The molecule has 9 heteroatoms. The summed E-state index contributed by atoms with van der Waals surface area (Å²) in [5.41, 5.74) is 2.18. The standard InChI is InChI=1S/C27H31N5O3S/c1-21-11-13-32(14-12-21)36(33,34)24-9-7-23(8-10-24)26-29-25(19-28)27(35-26)31-17-15-30(16-18-31)20-22-5-3-2-4-6-22/h2-10,21H,11-18,20H2,1H3. The number of hydrogen-bond acceptors (Lipinski definition) is 7. The molecule has 5 rings (SSSR count). The van der Waals surface area contributed by atoms with E-state index in [1.165, 1.54) is 5.56 Å². The summed E-state index contributed by atoms with van der Waals surface area (Å²) in [6, 6.07) is 19.1. The van der Waals surface area contributed by atoms with Gasteiger partial charge in [-0.2, -0.15) is 14.6 Å². The van der Waals surface area contributed by atoms with E-state index in [0.717, 1.165) is 45.6 Å². The van der Waals surface area contributed by atoms with Gasteiger partial charge in [-0.1, -0.05) is 37.3 Å². The van der Waals surface area contributed by atoms with E-state index >= 15 is 0 Å². The number of aromatic nitrogens is 1. The summed E-state index contributed by atoms with van der Waals surface area (Å²) >= 11 is 0. The number of hydrogen-bond donors (Lipinski definition) is 0. The molecule has 2 aliphatic rings. The van der Waals surface area contributed by atoms with Crippen LogP contribution in [0.15, 0.2) is 63.9 Å². The molecule has 3 aromatic rings. The van der Waals surface area contributed by atoms with Gasteiger partial charge in [0.1, 0.15) is 6.07 Å². The lowest BCUT2D eigenvalue weighted by Crippen LogP contribution is -2.46. The van der Waals surface area contributed by atoms with Crippen molar-refractivity contribution in [3.05, 3.63) is 65.9 Å². The number of nitriles is 1. The Bertz CT molecular complexity index is 1320. The largest absolute Gasteiger partial charge is 0.419 e. The Morgan fingerprint density at radius 2 is 1.64 bits per heavy atom. The van der Waals surface area contributed by atoms with Crippen molar-refractivity contribution in [1.29, 1.82) is 5.26 Å². The van der Waals surface area contributed by atoms with Gasteiger partial charge in [-0.3, -0.25) is 4.90 Å². The molecule has 2 aromatic carbocycles. The van der Waals surface area contributed by atoms with Crippen LogP contribution in [0.2, 0.25) is 0 Å². The number of nitrogens with zero attached hydrogens (tertiary/aromatic N) is 5. The van der Waals surface area contributed by atoms with Crippen molar-refractivity contribution in [1.82, 2.24) is 14.2 Å². The molecule has 2 fully saturated rings. The number of benzene rings is 2. The van der Waals surface area contributed by atoms with Gasteiger partial charge in [0.25, 0.3) is 0 Å². The summed E-state index contributed by atoms with van der Waals surface area (Å²) < 4.78 is 33.7. The molecule has 0 unspecified atom stereocenters. The van der Waals surface area contributed by atoms with E-state index in [4.69, 9.17) is 4.42 Å². The van der Waals surface area contributed by atoms with Crippen molar-refractivity contribution >= 4 is 15.9 Å². The highest BCUT2D eigenvalue weighted by Crippen LogP contribution is 2.30. The smallest absolute Gasteiger partial charge is 0.243 e. The van der Waals surface area contributed by atoms with E-state index < -0.39 is 10.0 Å². The maximum Gasteiger partial charge on any atom is 0.243 e. The minimum absolute atomic E-state index is 0.251. The lowest BCUT2D eigenvalue weighted by Gasteiger charge is -2.34. The summed E-state index contributed by atoms with van der Waals surface area (Å²) in [6.07, 6.45) is 1.77. The predicted molar refractivity (Wildman–Crippen MR) is 138 cm³/mol. The second kappa shape index (κ2) is 10.4. The summed E-state index contributed by atoms with van der Waals surface area (Å²) in [5, 5.41) is 9.68. The first-order valence-electron chi connectivity index (χ1n) is 12.5. The van der Waals surface area contributed by atoms with Gasteiger partial charge in [-0.25, -0.2) is 8.42 Å². The Morgan fingerprint density at radius 3 is 2.28 bits per heavy atom. The van der Waals surface area contributed by atoms with Crippen LogP contribution in [0.4, 0.5) is 5.88 Å². The number of oxazole rings is 1. The first kappa shape index (κ1) is 24.5. The van der Waals surface area contributed by atoms with E-state index in [1.807, 2.05) is 6.07 Å². The van der Waals surface area contributed by atoms with Crippen molar-refractivity contribution in [3.63, 3.8) is 0 Å². The number of piperidine rings is 1. The first-order chi connectivity index (χ1) is 17.4. The number of rotatable bonds is 6. The monoisotopic (exact) mass is 505 g/mol. The summed E-state index contributed by atoms with van der Waals surface area (Å²) in [4.78, 5) is 9.12. The third-order valence-corrected chi connectivity index (χ3v) is 9.02. The summed E-state index contributed by atoms with van der Waals surface area (Å²) in [5.74, 6) is 1.36. The van der Waals surface area contributed by atoms with E-state index in [0.29, 0.717) is 36.3 Å². The second-order valence-corrected chi connectivity index (χ2v) is 11.6. The lowest BCUT2D eigenvalue weighted by molar-refractivity contribution is 0.246. The molecule has 3 heterocycles. The van der Waals surface area contributed by atoms with Crippen LogP contribution >= 0.6 is 0 Å². The molecule has 8 nitrogen and oxygen atoms in total. The topological polar surface area (TPSA) is 93.7 Å². The lowest BCUT2D eigenvalue weighted by atomic mass is 10.0. The third kappa shape index (κ3) is 5.16. The van der Waals surface area contributed by atoms with E-state index in [9.17, 15) is 13.7 Å². The molecule has 0 saturated carbocycles. The van der Waals surface area contributed by atoms with Gasteiger partial charge in [0.05, 0.1) is 4.90 Å². The number of anilines is 1. The van der Waals surface area contributed by atoms with Crippen LogP contribution in [0, 0.1) is 17.2 Å². The van der Waals surface area contributed by atoms with Crippen LogP contribution in [0.3, 0.4) is 0 Å². The molecule has 0 atom stereocenters. The minimum atomic E-state index is -3.52. The SMILES string of the molecule is CC1CCN(S(=O)(=O)c2ccc(-c3nc(C#N)c(N4CCN(Cc5ccccc5)CC4)o3)cc2)CC1. The van der Waals surface area contributed by atoms with Crippen molar-refractivity contribution in [3.8, 4) is 17.5 Å². The van der Waals surface area contributed by atoms with Crippen molar-refractivity contribution in [2.45, 2.75) is 31.2 Å². The Balaban J connectivity index is 1.27. The fourth-order valence-electron chi connectivity index (χ4n) is 4.82. The molecule has 0 spiro atoms. The van der Waals surface area contributed by atoms with Crippen LogP contribution in [-0.2, 0) is 16.6 Å². The van der Waals surface area contributed by atoms with Crippen LogP contribution < -0.4 is 4.90 Å². The van der Waals surface area contributed by atoms with Crippen LogP contribution in [0.25, 0.3) is 11.5 Å². The van der Waals surface area contributed by atoms with Gasteiger partial charge in [-0.05, 0) is 48.6 Å². The zero-order valence-corrected chi connectivity index (χ0v) is 21.3. The maximum absolute atomic E-state index is 13.0. The Labute approximate surface area is 212 Å². The fourth-order valence-corrected chi connectivity index (χ4v) is 6.29. The summed E-state index contributed by atoms with van der Waals surface area (Å²) in [7, 11) is -3.52. The molecule has 0 N–H and O–H groups in total. The molecular formula is C27H31N5O3S. The van der Waals surface area contributed by atoms with E-state index in [2.05, 4.69) is 52.0 Å². The average molecular weight is 506 g/mol. The minimum Gasteiger partial charge on any atom is -0.419 e. The van der Waals surface area contributed by atoms with E-state index in [1.54, 1.807) is 28.6 Å². The van der Waals surface area contributed by atoms with Crippen molar-refractivity contribution in [2.24, 2.45) is 5.92 Å². The molecule has 0 radical (unpaired) electrons. The predicted octanol–water partition coefficient (Wildman–Crippen LogP) is 3.96. The molecule has 2 aliphatic heterocycles. The molecule has 188 valence electrons. The van der Waals surface area contributed by atoms with Crippen molar-refractivity contribution in [2.75, 3.05) is 44.2 Å². The first-order valence-corrected chi connectivity index (χ1v) is 13.9. The maximum atomic E-state index is 13.0. The Hall–Kier alpha value is -3.19. The molecule has 2 saturated heterocycles. The van der Waals surface area contributed by atoms with Gasteiger partial charge in [-0.15, -0.1) is 0 Å². The molecule has 0 aliphatic carbocycles. The van der Waals surface area contributed by atoms with Gasteiger partial charge in [0.2, 0.25) is 27.5 Å². The number of piperazine rings is 1. The normalized spacial score (nSPS) is 18.3. The van der Waals surface area contributed by atoms with Gasteiger partial charge in [0.15, 0.2) is 0 Å². The Kier molecular flexibility index (Phi) is 7.10. The molecule has 0 amide bonds. The highest BCUT2D eigenvalue weighted by molar-refractivity contribution is 7.89. The zero-order valence-electron chi connectivity index (χ0n) is 20.5. The molecular weight excluding hydrogens is 474 g/mol. The van der Waals surface area contributed by atoms with Gasteiger partial charge >= 0.3 is 0 Å². The fraction of sp³-hybridized carbons (Fsp3) is 0.407. The quantitative estimate of drug-likeness (QED) is 0.501. The van der Waals surface area contributed by atoms with Crippen LogP contribution in [0.5, 0.6) is 0 Å². The van der Waals surface area contributed by atoms with E-state index in [-0.39, 0.29) is 10.6 Å². The van der Waals surface area contributed by atoms with Gasteiger partial charge < -0.3 is 9.32 Å². The molecule has 0 bridgehead atoms. The third-order valence-electron chi connectivity index (χ3n) is 7.11. The Morgan fingerprint density at radius 1 is 0.972 bits per heavy atom. The zero-order chi connectivity index (χ0) is 25.1. The molecule has 1 aromatic heterocycles. The highest BCUT2D eigenvalue weighted by Gasteiger charge is 2.29. The van der Waals surface area contributed by atoms with Gasteiger partial charge in [0, 0.05) is 51.4 Å². The molecule has 36 heavy (non-hydrogen) atoms. The average Bonchev–Trinajstić information content (AvgIpc) is 3.35. The van der Waals surface area contributed by atoms with Crippen molar-refractivity contribution < 1.29 is 12.8 Å². The van der Waals surface area contributed by atoms with Crippen LogP contribution in [-0.4, -0.2) is 61.9 Å². The second-order valence-electron chi connectivity index (χ2n) is 9.64. The summed E-state index contributed by atoms with van der Waals surface area (Å²) in [6.45, 7) is 7.35.